The molecule has 1 fully saturated rings. The Kier molecular flexibility index (Phi) is 7.74. The number of aromatic nitrogens is 1. The van der Waals surface area contributed by atoms with Gasteiger partial charge in [-0.25, -0.2) is 8.42 Å². The molecule has 1 aliphatic rings. The quantitative estimate of drug-likeness (QED) is 0.486. The molecule has 2 N–H and O–H groups in total. The molecule has 8 nitrogen and oxygen atoms in total. The first-order chi connectivity index (χ1) is 14.4. The van der Waals surface area contributed by atoms with Crippen LogP contribution < -0.4 is 5.32 Å². The molecular formula is C21H33N5O3S. The Morgan fingerprint density at radius 2 is 1.97 bits per heavy atom. The third kappa shape index (κ3) is 5.96. The number of H-pyrrole nitrogens is 1. The van der Waals surface area contributed by atoms with Gasteiger partial charge in [-0.15, -0.1) is 0 Å². The lowest BCUT2D eigenvalue weighted by atomic mass is 10.2. The maximum atomic E-state index is 12.5. The van der Waals surface area contributed by atoms with E-state index in [0.717, 1.165) is 24.4 Å². The zero-order chi connectivity index (χ0) is 21.6. The second-order valence-corrected chi connectivity index (χ2v) is 9.82. The maximum Gasteiger partial charge on any atom is 0.216 e. The Morgan fingerprint density at radius 3 is 2.63 bits per heavy atom. The molecule has 1 aliphatic heterocycles. The van der Waals surface area contributed by atoms with Crippen molar-refractivity contribution < 1.29 is 13.2 Å². The van der Waals surface area contributed by atoms with E-state index in [1.807, 2.05) is 26.0 Å². The SMILES string of the molecule is CN=C(NCCc1cc2ccccc2[nH]1)N1CCN(S(=O)(=O)CCOC(C)C)CC1. The van der Waals surface area contributed by atoms with Crippen LogP contribution >= 0.6 is 0 Å². The summed E-state index contributed by atoms with van der Waals surface area (Å²) < 4.78 is 31.9. The van der Waals surface area contributed by atoms with E-state index in [4.69, 9.17) is 4.74 Å². The minimum Gasteiger partial charge on any atom is -0.378 e. The number of sulfonamides is 1. The second-order valence-electron chi connectivity index (χ2n) is 7.73. The zero-order valence-corrected chi connectivity index (χ0v) is 18.9. The number of para-hydroxylation sites is 1. The zero-order valence-electron chi connectivity index (χ0n) is 18.1. The number of fused-ring (bicyclic) bond motifs is 1. The van der Waals surface area contributed by atoms with Crippen LogP contribution in [0.1, 0.15) is 19.5 Å². The number of nitrogens with zero attached hydrogens (tertiary/aromatic N) is 3. The molecule has 0 radical (unpaired) electrons. The highest BCUT2D eigenvalue weighted by Crippen LogP contribution is 2.15. The van der Waals surface area contributed by atoms with Gasteiger partial charge in [0.05, 0.1) is 18.5 Å². The Morgan fingerprint density at radius 1 is 1.23 bits per heavy atom. The molecule has 2 aromatic rings. The number of aromatic amines is 1. The topological polar surface area (TPSA) is 90.0 Å². The summed E-state index contributed by atoms with van der Waals surface area (Å²) >= 11 is 0. The van der Waals surface area contributed by atoms with Crippen molar-refractivity contribution in [2.45, 2.75) is 26.4 Å². The van der Waals surface area contributed by atoms with Gasteiger partial charge >= 0.3 is 0 Å². The molecule has 0 atom stereocenters. The largest absolute Gasteiger partial charge is 0.378 e. The van der Waals surface area contributed by atoms with Crippen LogP contribution in [0.2, 0.25) is 0 Å². The van der Waals surface area contributed by atoms with Gasteiger partial charge < -0.3 is 19.9 Å². The lowest BCUT2D eigenvalue weighted by molar-refractivity contribution is 0.0904. The molecule has 0 amide bonds. The van der Waals surface area contributed by atoms with E-state index < -0.39 is 10.0 Å². The molecule has 2 heterocycles. The third-order valence-corrected chi connectivity index (χ3v) is 7.03. The van der Waals surface area contributed by atoms with Gasteiger partial charge in [0.2, 0.25) is 10.0 Å². The highest BCUT2D eigenvalue weighted by atomic mass is 32.2. The van der Waals surface area contributed by atoms with E-state index in [-0.39, 0.29) is 18.5 Å². The maximum absolute atomic E-state index is 12.5. The van der Waals surface area contributed by atoms with Gasteiger partial charge in [0.25, 0.3) is 0 Å². The number of aliphatic imine (C=N–C) groups is 1. The lowest BCUT2D eigenvalue weighted by Crippen LogP contribution is -2.54. The van der Waals surface area contributed by atoms with Crippen molar-refractivity contribution in [1.82, 2.24) is 19.5 Å². The molecule has 0 aliphatic carbocycles. The smallest absolute Gasteiger partial charge is 0.216 e. The lowest BCUT2D eigenvalue weighted by Gasteiger charge is -2.35. The van der Waals surface area contributed by atoms with Crippen molar-refractivity contribution in [3.05, 3.63) is 36.0 Å². The van der Waals surface area contributed by atoms with Crippen molar-refractivity contribution in [1.29, 1.82) is 0 Å². The van der Waals surface area contributed by atoms with Gasteiger partial charge in [-0.05, 0) is 31.4 Å². The Hall–Kier alpha value is -2.10. The van der Waals surface area contributed by atoms with Crippen molar-refractivity contribution in [3.8, 4) is 0 Å². The summed E-state index contributed by atoms with van der Waals surface area (Å²) in [5, 5.41) is 4.62. The van der Waals surface area contributed by atoms with Crippen LogP contribution in [0.3, 0.4) is 0 Å². The molecule has 0 saturated carbocycles. The number of benzene rings is 1. The summed E-state index contributed by atoms with van der Waals surface area (Å²) in [7, 11) is -1.52. The molecule has 166 valence electrons. The number of nitrogens with one attached hydrogen (secondary N) is 2. The minimum atomic E-state index is -3.28. The van der Waals surface area contributed by atoms with E-state index >= 15 is 0 Å². The molecule has 0 spiro atoms. The van der Waals surface area contributed by atoms with E-state index in [2.05, 4.69) is 38.4 Å². The van der Waals surface area contributed by atoms with Crippen LogP contribution in [0.5, 0.6) is 0 Å². The van der Waals surface area contributed by atoms with Crippen molar-refractivity contribution in [3.63, 3.8) is 0 Å². The number of guanidine groups is 1. The van der Waals surface area contributed by atoms with Crippen molar-refractivity contribution in [2.24, 2.45) is 4.99 Å². The number of hydrogen-bond acceptors (Lipinski definition) is 4. The average molecular weight is 436 g/mol. The monoisotopic (exact) mass is 435 g/mol. The van der Waals surface area contributed by atoms with Crippen LogP contribution in [0.4, 0.5) is 0 Å². The summed E-state index contributed by atoms with van der Waals surface area (Å²) in [6.45, 7) is 6.97. The summed E-state index contributed by atoms with van der Waals surface area (Å²) in [5.41, 5.74) is 2.33. The summed E-state index contributed by atoms with van der Waals surface area (Å²) in [4.78, 5) is 9.92. The summed E-state index contributed by atoms with van der Waals surface area (Å²) in [6.07, 6.45) is 0.897. The number of rotatable bonds is 8. The fraction of sp³-hybridized carbons (Fsp3) is 0.571. The van der Waals surface area contributed by atoms with E-state index in [1.54, 1.807) is 11.4 Å². The first-order valence-electron chi connectivity index (χ1n) is 10.5. The van der Waals surface area contributed by atoms with Crippen LogP contribution in [0.25, 0.3) is 10.9 Å². The molecule has 0 bridgehead atoms. The van der Waals surface area contributed by atoms with Gasteiger partial charge in [0, 0.05) is 57.4 Å². The molecule has 9 heteroatoms. The molecule has 1 saturated heterocycles. The van der Waals surface area contributed by atoms with Crippen LogP contribution in [-0.2, 0) is 21.2 Å². The van der Waals surface area contributed by atoms with Gasteiger partial charge in [-0.3, -0.25) is 4.99 Å². The first kappa shape index (κ1) is 22.6. The van der Waals surface area contributed by atoms with Gasteiger partial charge in [0.15, 0.2) is 5.96 Å². The van der Waals surface area contributed by atoms with Crippen LogP contribution in [-0.4, -0.2) is 86.8 Å². The van der Waals surface area contributed by atoms with Gasteiger partial charge in [-0.2, -0.15) is 4.31 Å². The van der Waals surface area contributed by atoms with Crippen molar-refractivity contribution >= 4 is 26.9 Å². The van der Waals surface area contributed by atoms with E-state index in [0.29, 0.717) is 26.2 Å². The van der Waals surface area contributed by atoms with Crippen LogP contribution in [0.15, 0.2) is 35.3 Å². The predicted octanol–water partition coefficient (Wildman–Crippen LogP) is 1.66. The molecule has 30 heavy (non-hydrogen) atoms. The summed E-state index contributed by atoms with van der Waals surface area (Å²) in [6, 6.07) is 10.4. The number of ether oxygens (including phenoxy) is 1. The molecule has 0 unspecified atom stereocenters. The van der Waals surface area contributed by atoms with Gasteiger partial charge in [0.1, 0.15) is 0 Å². The minimum absolute atomic E-state index is 0.0304. The summed E-state index contributed by atoms with van der Waals surface area (Å²) in [5.74, 6) is 0.842. The normalized spacial score (nSPS) is 16.5. The Bertz CT molecular complexity index is 913. The van der Waals surface area contributed by atoms with Crippen LogP contribution in [0, 0.1) is 0 Å². The number of piperazine rings is 1. The molecule has 1 aromatic carbocycles. The van der Waals surface area contributed by atoms with Crippen molar-refractivity contribution in [2.75, 3.05) is 52.1 Å². The standard InChI is InChI=1S/C21H33N5O3S/c1-17(2)29-14-15-30(27,28)26-12-10-25(11-13-26)21(22-3)23-9-8-19-16-18-6-4-5-7-20(18)24-19/h4-7,16-17,24H,8-15H2,1-3H3,(H,22,23). The van der Waals surface area contributed by atoms with Gasteiger partial charge in [-0.1, -0.05) is 18.2 Å². The predicted molar refractivity (Wildman–Crippen MR) is 121 cm³/mol. The molecule has 3 rings (SSSR count). The first-order valence-corrected chi connectivity index (χ1v) is 12.1. The highest BCUT2D eigenvalue weighted by Gasteiger charge is 2.27. The van der Waals surface area contributed by atoms with E-state index in [1.165, 1.54) is 11.1 Å². The number of hydrogen-bond donors (Lipinski definition) is 2. The average Bonchev–Trinajstić information content (AvgIpc) is 3.14. The molecule has 1 aromatic heterocycles. The van der Waals surface area contributed by atoms with E-state index in [9.17, 15) is 8.42 Å². The third-order valence-electron chi connectivity index (χ3n) is 5.20. The molecular weight excluding hydrogens is 402 g/mol. The fourth-order valence-corrected chi connectivity index (χ4v) is 4.89. The fourth-order valence-electron chi connectivity index (χ4n) is 3.61. The Labute approximate surface area is 179 Å². The second kappa shape index (κ2) is 10.3. The highest BCUT2D eigenvalue weighted by molar-refractivity contribution is 7.89. The Balaban J connectivity index is 1.45.